The van der Waals surface area contributed by atoms with Gasteiger partial charge in [-0.25, -0.2) is 0 Å². The maximum atomic E-state index is 12.1. The molecule has 0 atom stereocenters. The van der Waals surface area contributed by atoms with Gasteiger partial charge >= 0.3 is 12.3 Å². The van der Waals surface area contributed by atoms with E-state index in [0.29, 0.717) is 0 Å². The normalized spacial score (nSPS) is 10.8. The summed E-state index contributed by atoms with van der Waals surface area (Å²) >= 11 is 3.75. The SMILES string of the molecule is N#Cc1cc(S)c(OC(F)(F)F)cc1CC(=O)O. The van der Waals surface area contributed by atoms with Gasteiger partial charge in [0.25, 0.3) is 0 Å². The van der Waals surface area contributed by atoms with E-state index in [-0.39, 0.29) is 16.0 Å². The maximum absolute atomic E-state index is 12.1. The second-order valence-corrected chi connectivity index (χ2v) is 3.69. The molecule has 1 aromatic rings. The van der Waals surface area contributed by atoms with Crippen LogP contribution in [0.3, 0.4) is 0 Å². The fraction of sp³-hybridized carbons (Fsp3) is 0.200. The summed E-state index contributed by atoms with van der Waals surface area (Å²) in [5, 5.41) is 17.3. The molecule has 0 amide bonds. The van der Waals surface area contributed by atoms with Gasteiger partial charge in [0.05, 0.1) is 18.1 Å². The van der Waals surface area contributed by atoms with Crippen molar-refractivity contribution in [3.63, 3.8) is 0 Å². The highest BCUT2D eigenvalue weighted by atomic mass is 32.1. The minimum atomic E-state index is -4.91. The summed E-state index contributed by atoms with van der Waals surface area (Å²) in [5.41, 5.74) is -0.126. The molecule has 1 aromatic carbocycles. The van der Waals surface area contributed by atoms with E-state index in [2.05, 4.69) is 17.4 Å². The molecular formula is C10H6F3NO3S. The number of aliphatic carboxylic acids is 1. The van der Waals surface area contributed by atoms with Crippen LogP contribution >= 0.6 is 12.6 Å². The molecule has 0 aromatic heterocycles. The van der Waals surface area contributed by atoms with Gasteiger partial charge in [-0.1, -0.05) is 0 Å². The average Bonchev–Trinajstić information content (AvgIpc) is 2.19. The Balaban J connectivity index is 3.22. The van der Waals surface area contributed by atoms with E-state index in [9.17, 15) is 18.0 Å². The lowest BCUT2D eigenvalue weighted by atomic mass is 10.1. The van der Waals surface area contributed by atoms with Gasteiger partial charge < -0.3 is 9.84 Å². The maximum Gasteiger partial charge on any atom is 0.573 e. The highest BCUT2D eigenvalue weighted by Crippen LogP contribution is 2.31. The van der Waals surface area contributed by atoms with Crippen molar-refractivity contribution < 1.29 is 27.8 Å². The first-order valence-corrected chi connectivity index (χ1v) is 4.91. The lowest BCUT2D eigenvalue weighted by Gasteiger charge is -2.12. The Morgan fingerprint density at radius 1 is 1.50 bits per heavy atom. The van der Waals surface area contributed by atoms with Crippen molar-refractivity contribution in [2.75, 3.05) is 0 Å². The molecule has 0 heterocycles. The molecule has 0 saturated carbocycles. The van der Waals surface area contributed by atoms with Crippen LogP contribution in [-0.4, -0.2) is 17.4 Å². The van der Waals surface area contributed by atoms with E-state index in [4.69, 9.17) is 10.4 Å². The molecular weight excluding hydrogens is 271 g/mol. The van der Waals surface area contributed by atoms with Crippen molar-refractivity contribution in [1.82, 2.24) is 0 Å². The Morgan fingerprint density at radius 3 is 2.56 bits per heavy atom. The van der Waals surface area contributed by atoms with Crippen LogP contribution in [-0.2, 0) is 11.2 Å². The third-order valence-electron chi connectivity index (χ3n) is 1.87. The van der Waals surface area contributed by atoms with Gasteiger partial charge in [-0.15, -0.1) is 25.8 Å². The van der Waals surface area contributed by atoms with Gasteiger partial charge in [-0.3, -0.25) is 4.79 Å². The highest BCUT2D eigenvalue weighted by molar-refractivity contribution is 7.80. The number of ether oxygens (including phenoxy) is 1. The van der Waals surface area contributed by atoms with E-state index in [1.165, 1.54) is 0 Å². The van der Waals surface area contributed by atoms with Crippen molar-refractivity contribution in [1.29, 1.82) is 5.26 Å². The smallest absolute Gasteiger partial charge is 0.481 e. The van der Waals surface area contributed by atoms with Crippen LogP contribution in [0.2, 0.25) is 0 Å². The Bertz CT molecular complexity index is 522. The van der Waals surface area contributed by atoms with Gasteiger partial charge in [0.15, 0.2) is 0 Å². The zero-order chi connectivity index (χ0) is 13.9. The molecule has 0 spiro atoms. The van der Waals surface area contributed by atoms with Crippen LogP contribution in [0.4, 0.5) is 13.2 Å². The number of carbonyl (C=O) groups is 1. The van der Waals surface area contributed by atoms with E-state index in [1.807, 2.05) is 0 Å². The topological polar surface area (TPSA) is 70.3 Å². The van der Waals surface area contributed by atoms with Crippen LogP contribution in [0.1, 0.15) is 11.1 Å². The molecule has 4 nitrogen and oxygen atoms in total. The molecule has 0 radical (unpaired) electrons. The summed E-state index contributed by atoms with van der Waals surface area (Å²) < 4.78 is 39.9. The molecule has 96 valence electrons. The minimum Gasteiger partial charge on any atom is -0.481 e. The second kappa shape index (κ2) is 5.18. The fourth-order valence-corrected chi connectivity index (χ4v) is 1.47. The van der Waals surface area contributed by atoms with Crippen LogP contribution in [0.5, 0.6) is 5.75 Å². The lowest BCUT2D eigenvalue weighted by Crippen LogP contribution is -2.18. The number of hydrogen-bond donors (Lipinski definition) is 2. The molecule has 0 aliphatic carbocycles. The van der Waals surface area contributed by atoms with Gasteiger partial charge in [0.2, 0.25) is 0 Å². The Morgan fingerprint density at radius 2 is 2.11 bits per heavy atom. The third kappa shape index (κ3) is 3.85. The number of halogens is 3. The Hall–Kier alpha value is -1.88. The van der Waals surface area contributed by atoms with Gasteiger partial charge in [-0.05, 0) is 17.7 Å². The molecule has 1 N–H and O–H groups in total. The summed E-state index contributed by atoms with van der Waals surface area (Å²) in [6, 6.07) is 3.56. The Labute approximate surface area is 105 Å². The van der Waals surface area contributed by atoms with Crippen molar-refractivity contribution in [2.45, 2.75) is 17.7 Å². The first kappa shape index (κ1) is 14.2. The van der Waals surface area contributed by atoms with Crippen LogP contribution in [0, 0.1) is 11.3 Å². The van der Waals surface area contributed by atoms with E-state index in [1.54, 1.807) is 6.07 Å². The summed E-state index contributed by atoms with van der Waals surface area (Å²) in [7, 11) is 0. The molecule has 0 aliphatic heterocycles. The molecule has 1 rings (SSSR count). The van der Waals surface area contributed by atoms with Gasteiger partial charge in [0.1, 0.15) is 5.75 Å². The summed E-state index contributed by atoms with van der Waals surface area (Å²) in [6.07, 6.45) is -5.49. The predicted molar refractivity (Wildman–Crippen MR) is 56.4 cm³/mol. The number of carboxylic acid groups (broad SMARTS) is 1. The molecule has 0 aliphatic rings. The first-order chi connectivity index (χ1) is 8.23. The standard InChI is InChI=1S/C10H6F3NO3S/c11-10(12,13)17-7-1-5(3-9(15)16)6(4-14)2-8(7)18/h1-2,18H,3H2,(H,15,16). The van der Waals surface area contributed by atoms with Gasteiger partial charge in [0, 0.05) is 4.90 Å². The number of hydrogen-bond acceptors (Lipinski definition) is 4. The fourth-order valence-electron chi connectivity index (χ4n) is 1.23. The molecule has 0 fully saturated rings. The quantitative estimate of drug-likeness (QED) is 0.832. The number of benzene rings is 1. The van der Waals surface area contributed by atoms with Gasteiger partial charge in [-0.2, -0.15) is 5.26 Å². The third-order valence-corrected chi connectivity index (χ3v) is 2.22. The number of thiol groups is 1. The zero-order valence-corrected chi connectivity index (χ0v) is 9.55. The molecule has 0 bridgehead atoms. The monoisotopic (exact) mass is 277 g/mol. The van der Waals surface area contributed by atoms with Crippen LogP contribution < -0.4 is 4.74 Å². The van der Waals surface area contributed by atoms with E-state index >= 15 is 0 Å². The van der Waals surface area contributed by atoms with E-state index < -0.39 is 24.5 Å². The largest absolute Gasteiger partial charge is 0.573 e. The number of nitriles is 1. The van der Waals surface area contributed by atoms with Crippen LogP contribution in [0.15, 0.2) is 17.0 Å². The first-order valence-electron chi connectivity index (χ1n) is 4.46. The summed E-state index contributed by atoms with van der Waals surface area (Å²) in [6.45, 7) is 0. The van der Waals surface area contributed by atoms with Crippen molar-refractivity contribution in [3.05, 3.63) is 23.3 Å². The molecule has 0 unspecified atom stereocenters. The number of carboxylic acids is 1. The lowest BCUT2D eigenvalue weighted by molar-refractivity contribution is -0.275. The zero-order valence-electron chi connectivity index (χ0n) is 8.65. The van der Waals surface area contributed by atoms with Crippen molar-refractivity contribution in [2.24, 2.45) is 0 Å². The highest BCUT2D eigenvalue weighted by Gasteiger charge is 2.32. The Kier molecular flexibility index (Phi) is 4.08. The molecule has 8 heteroatoms. The minimum absolute atomic E-state index is 0.0584. The summed E-state index contributed by atoms with van der Waals surface area (Å²) in [4.78, 5) is 10.3. The molecule has 0 saturated heterocycles. The average molecular weight is 277 g/mol. The predicted octanol–water partition coefficient (Wildman–Crippen LogP) is 2.37. The van der Waals surface area contributed by atoms with Crippen molar-refractivity contribution >= 4 is 18.6 Å². The van der Waals surface area contributed by atoms with E-state index in [0.717, 1.165) is 12.1 Å². The van der Waals surface area contributed by atoms with Crippen LogP contribution in [0.25, 0.3) is 0 Å². The number of alkyl halides is 3. The second-order valence-electron chi connectivity index (χ2n) is 3.21. The van der Waals surface area contributed by atoms with Crippen molar-refractivity contribution in [3.8, 4) is 11.8 Å². The number of rotatable bonds is 3. The number of nitrogens with zero attached hydrogens (tertiary/aromatic N) is 1. The molecule has 18 heavy (non-hydrogen) atoms. The summed E-state index contributed by atoms with van der Waals surface area (Å²) in [5.74, 6) is -1.91.